The second-order valence-electron chi connectivity index (χ2n) is 8.55. The normalized spacial score (nSPS) is 17.1. The molecule has 0 spiro atoms. The van der Waals surface area contributed by atoms with Crippen LogP contribution in [-0.2, 0) is 17.9 Å². The molecule has 2 amide bonds. The van der Waals surface area contributed by atoms with Crippen LogP contribution in [0.15, 0.2) is 30.6 Å². The number of aryl methyl sites for hydroxylation is 1. The molecule has 1 aliphatic rings. The molecule has 2 atom stereocenters. The van der Waals surface area contributed by atoms with Gasteiger partial charge >= 0.3 is 0 Å². The maximum Gasteiger partial charge on any atom is 0.291 e. The molecular formula is C22H23F4N7O2. The molecule has 0 saturated heterocycles. The zero-order valence-electron chi connectivity index (χ0n) is 19.0. The second-order valence-corrected chi connectivity index (χ2v) is 8.55. The lowest BCUT2D eigenvalue weighted by Crippen LogP contribution is -2.34. The van der Waals surface area contributed by atoms with Crippen LogP contribution in [0.4, 0.5) is 23.4 Å². The second kappa shape index (κ2) is 9.47. The van der Waals surface area contributed by atoms with E-state index in [0.717, 1.165) is 12.1 Å². The van der Waals surface area contributed by atoms with Crippen LogP contribution < -0.4 is 10.2 Å². The van der Waals surface area contributed by atoms with E-state index in [4.69, 9.17) is 0 Å². The van der Waals surface area contributed by atoms with Crippen molar-refractivity contribution in [1.29, 1.82) is 0 Å². The first kappa shape index (κ1) is 24.4. The average Bonchev–Trinajstić information content (AvgIpc) is 3.15. The fraction of sp³-hybridized carbons (Fsp3) is 0.409. The van der Waals surface area contributed by atoms with Gasteiger partial charge in [0.05, 0.1) is 18.2 Å². The monoisotopic (exact) mass is 493 g/mol. The van der Waals surface area contributed by atoms with Crippen LogP contribution in [0.2, 0.25) is 0 Å². The molecule has 1 aromatic carbocycles. The first-order chi connectivity index (χ1) is 16.6. The van der Waals surface area contributed by atoms with Gasteiger partial charge in [0.15, 0.2) is 0 Å². The summed E-state index contributed by atoms with van der Waals surface area (Å²) in [5, 5.41) is 11.0. The summed E-state index contributed by atoms with van der Waals surface area (Å²) in [7, 11) is 1.50. The molecule has 2 aromatic heterocycles. The molecule has 9 nitrogen and oxygen atoms in total. The number of rotatable bonds is 10. The van der Waals surface area contributed by atoms with Gasteiger partial charge in [0.25, 0.3) is 11.8 Å². The van der Waals surface area contributed by atoms with Crippen molar-refractivity contribution in [3.8, 4) is 0 Å². The molecule has 13 heteroatoms. The molecule has 2 unspecified atom stereocenters. The average molecular weight is 493 g/mol. The first-order valence-corrected chi connectivity index (χ1v) is 10.9. The minimum Gasteiger partial charge on any atom is -0.347 e. The summed E-state index contributed by atoms with van der Waals surface area (Å²) >= 11 is 0. The number of hydrogen-bond acceptors (Lipinski definition) is 5. The predicted molar refractivity (Wildman–Crippen MR) is 116 cm³/mol. The Balaban J connectivity index is 1.35. The first-order valence-electron chi connectivity index (χ1n) is 10.9. The molecule has 1 N–H and O–H groups in total. The Morgan fingerprint density at radius 3 is 2.71 bits per heavy atom. The van der Waals surface area contributed by atoms with Crippen molar-refractivity contribution < 1.29 is 27.2 Å². The quantitative estimate of drug-likeness (QED) is 0.346. The van der Waals surface area contributed by atoms with Crippen LogP contribution in [0.25, 0.3) is 0 Å². The summed E-state index contributed by atoms with van der Waals surface area (Å²) in [6, 6.07) is 4.29. The van der Waals surface area contributed by atoms with E-state index in [9.17, 15) is 27.2 Å². The van der Waals surface area contributed by atoms with Gasteiger partial charge in [-0.25, -0.2) is 31.9 Å². The summed E-state index contributed by atoms with van der Waals surface area (Å²) in [4.78, 5) is 28.9. The van der Waals surface area contributed by atoms with E-state index in [2.05, 4.69) is 20.5 Å². The van der Waals surface area contributed by atoms with Gasteiger partial charge < -0.3 is 10.2 Å². The number of anilines is 1. The Kier molecular flexibility index (Phi) is 6.59. The lowest BCUT2D eigenvalue weighted by atomic mass is 10.2. The number of alkyl halides is 2. The van der Waals surface area contributed by atoms with E-state index in [-0.39, 0.29) is 42.6 Å². The smallest absolute Gasteiger partial charge is 0.291 e. The van der Waals surface area contributed by atoms with Gasteiger partial charge in [-0.3, -0.25) is 9.59 Å². The third-order valence-corrected chi connectivity index (χ3v) is 5.72. The van der Waals surface area contributed by atoms with Crippen molar-refractivity contribution in [3.63, 3.8) is 0 Å². The summed E-state index contributed by atoms with van der Waals surface area (Å²) in [6.07, 6.45) is 1.94. The Morgan fingerprint density at radius 1 is 1.31 bits per heavy atom. The summed E-state index contributed by atoms with van der Waals surface area (Å²) in [5.41, 5.74) is 0.415. The molecule has 0 aliphatic heterocycles. The summed E-state index contributed by atoms with van der Waals surface area (Å²) < 4.78 is 56.5. The fourth-order valence-electron chi connectivity index (χ4n) is 3.61. The van der Waals surface area contributed by atoms with Gasteiger partial charge in [0, 0.05) is 43.8 Å². The summed E-state index contributed by atoms with van der Waals surface area (Å²) in [6.45, 7) is 1.97. The van der Waals surface area contributed by atoms with Crippen LogP contribution in [0, 0.1) is 11.6 Å². The molecule has 3 aromatic rings. The van der Waals surface area contributed by atoms with Crippen LogP contribution in [0.3, 0.4) is 0 Å². The highest BCUT2D eigenvalue weighted by Gasteiger charge is 2.59. The number of hydrogen-bond donors (Lipinski definition) is 1. The minimum atomic E-state index is -2.78. The number of nitrogens with zero attached hydrogens (tertiary/aromatic N) is 6. The molecule has 2 heterocycles. The van der Waals surface area contributed by atoms with Crippen LogP contribution in [-0.4, -0.2) is 55.9 Å². The van der Waals surface area contributed by atoms with Gasteiger partial charge in [-0.15, -0.1) is 5.10 Å². The number of nitrogens with one attached hydrogen (secondary N) is 1. The topological polar surface area (TPSA) is 97.9 Å². The molecule has 1 saturated carbocycles. The van der Waals surface area contributed by atoms with Gasteiger partial charge in [0.1, 0.15) is 23.8 Å². The van der Waals surface area contributed by atoms with Crippen molar-refractivity contribution in [2.45, 2.75) is 50.7 Å². The Labute approximate surface area is 197 Å². The third kappa shape index (κ3) is 5.49. The standard InChI is InChI=1S/C22H23F4N7O2/c1-13(5-6-33-19(31(2)12-34)8-18(29-33)16-9-22(16,25)26)28-21(35)20-27-11-32(30-20)10-14-3-4-15(23)7-17(14)24/h3-4,7-8,11-13,16H,5-6,9-10H2,1-2H3,(H,28,35). The molecule has 1 aliphatic carbocycles. The Morgan fingerprint density at radius 2 is 2.06 bits per heavy atom. The van der Waals surface area contributed by atoms with Gasteiger partial charge in [-0.05, 0) is 19.4 Å². The van der Waals surface area contributed by atoms with Gasteiger partial charge in [0.2, 0.25) is 12.2 Å². The number of amides is 2. The number of carbonyl (C=O) groups excluding carboxylic acids is 2. The zero-order chi connectivity index (χ0) is 25.3. The maximum absolute atomic E-state index is 13.8. The number of aromatic nitrogens is 5. The highest BCUT2D eigenvalue weighted by atomic mass is 19.3. The predicted octanol–water partition coefficient (Wildman–Crippen LogP) is 2.72. The molecule has 0 radical (unpaired) electrons. The lowest BCUT2D eigenvalue weighted by Gasteiger charge is -2.16. The number of carbonyl (C=O) groups is 2. The van der Waals surface area contributed by atoms with Gasteiger partial charge in [-0.1, -0.05) is 6.07 Å². The Hall–Kier alpha value is -3.77. The van der Waals surface area contributed by atoms with Crippen LogP contribution >= 0.6 is 0 Å². The summed E-state index contributed by atoms with van der Waals surface area (Å²) in [5.74, 6) is -5.46. The van der Waals surface area contributed by atoms with Gasteiger partial charge in [-0.2, -0.15) is 5.10 Å². The van der Waals surface area contributed by atoms with Crippen molar-refractivity contribution >= 4 is 18.1 Å². The van der Waals surface area contributed by atoms with E-state index in [1.54, 1.807) is 6.92 Å². The van der Waals surface area contributed by atoms with E-state index < -0.39 is 29.4 Å². The van der Waals surface area contributed by atoms with Crippen molar-refractivity contribution in [3.05, 3.63) is 59.3 Å². The zero-order valence-corrected chi connectivity index (χ0v) is 19.0. The molecule has 35 heavy (non-hydrogen) atoms. The fourth-order valence-corrected chi connectivity index (χ4v) is 3.61. The molecule has 186 valence electrons. The maximum atomic E-state index is 13.8. The van der Waals surface area contributed by atoms with E-state index in [1.165, 1.54) is 39.8 Å². The van der Waals surface area contributed by atoms with E-state index >= 15 is 0 Å². The highest BCUT2D eigenvalue weighted by Crippen LogP contribution is 2.55. The minimum absolute atomic E-state index is 0.0311. The molecule has 4 rings (SSSR count). The number of benzene rings is 1. The van der Waals surface area contributed by atoms with Crippen LogP contribution in [0.1, 0.15) is 47.6 Å². The third-order valence-electron chi connectivity index (χ3n) is 5.72. The van der Waals surface area contributed by atoms with Crippen molar-refractivity contribution in [2.24, 2.45) is 0 Å². The highest BCUT2D eigenvalue weighted by molar-refractivity contribution is 5.90. The SMILES string of the molecule is CC(CCn1nc(C2CC2(F)F)cc1N(C)C=O)NC(=O)c1ncn(Cc2ccc(F)cc2F)n1. The lowest BCUT2D eigenvalue weighted by molar-refractivity contribution is -0.107. The Bertz CT molecular complexity index is 1240. The van der Waals surface area contributed by atoms with E-state index in [1.807, 2.05) is 0 Å². The van der Waals surface area contributed by atoms with Crippen molar-refractivity contribution in [1.82, 2.24) is 29.9 Å². The van der Waals surface area contributed by atoms with E-state index in [0.29, 0.717) is 18.6 Å². The number of halogens is 4. The van der Waals surface area contributed by atoms with Crippen LogP contribution in [0.5, 0.6) is 0 Å². The van der Waals surface area contributed by atoms with Crippen molar-refractivity contribution in [2.75, 3.05) is 11.9 Å². The molecule has 1 fully saturated rings. The molecular weight excluding hydrogens is 470 g/mol. The largest absolute Gasteiger partial charge is 0.347 e. The molecule has 0 bridgehead atoms.